The molecule has 0 saturated heterocycles. The summed E-state index contributed by atoms with van der Waals surface area (Å²) in [6, 6.07) is 19.2. The zero-order chi connectivity index (χ0) is 22.0. The molecule has 2 unspecified atom stereocenters. The van der Waals surface area contributed by atoms with Crippen molar-refractivity contribution in [3.8, 4) is 5.75 Å². The molecule has 33 heavy (non-hydrogen) atoms. The number of hydrogen-bond donors (Lipinski definition) is 4. The molecule has 1 aliphatic rings. The molecule has 4 rings (SSSR count). The van der Waals surface area contributed by atoms with Gasteiger partial charge in [-0.15, -0.1) is 17.0 Å². The summed E-state index contributed by atoms with van der Waals surface area (Å²) in [5.41, 5.74) is 4.29. The van der Waals surface area contributed by atoms with Crippen molar-refractivity contribution in [3.05, 3.63) is 89.5 Å². The lowest BCUT2D eigenvalue weighted by Crippen LogP contribution is -2.49. The maximum absolute atomic E-state index is 9.80. The highest BCUT2D eigenvalue weighted by Gasteiger charge is 2.24. The van der Waals surface area contributed by atoms with E-state index in [9.17, 15) is 5.11 Å². The number of halogens is 1. The molecule has 1 fully saturated rings. The van der Waals surface area contributed by atoms with Crippen molar-refractivity contribution >= 4 is 17.0 Å². The van der Waals surface area contributed by atoms with Gasteiger partial charge in [-0.3, -0.25) is 9.97 Å². The van der Waals surface area contributed by atoms with E-state index in [0.29, 0.717) is 24.3 Å². The van der Waals surface area contributed by atoms with Gasteiger partial charge in [0, 0.05) is 50.7 Å². The normalized spacial score (nSPS) is 17.9. The van der Waals surface area contributed by atoms with E-state index in [1.165, 1.54) is 36.8 Å². The van der Waals surface area contributed by atoms with Gasteiger partial charge < -0.3 is 21.1 Å². The third-order valence-electron chi connectivity index (χ3n) is 6.12. The van der Waals surface area contributed by atoms with Crippen LogP contribution in [0.3, 0.4) is 0 Å². The third kappa shape index (κ3) is 7.89. The van der Waals surface area contributed by atoms with E-state index in [-0.39, 0.29) is 22.7 Å². The first-order valence-electron chi connectivity index (χ1n) is 11.6. The van der Waals surface area contributed by atoms with Crippen LogP contribution in [-0.4, -0.2) is 27.2 Å². The summed E-state index contributed by atoms with van der Waals surface area (Å²) >= 11 is 0. The molecule has 0 aliphatic heterocycles. The molecule has 1 saturated carbocycles. The number of rotatable bonds is 10. The van der Waals surface area contributed by atoms with Crippen molar-refractivity contribution in [2.75, 3.05) is 0 Å². The van der Waals surface area contributed by atoms with Crippen molar-refractivity contribution in [2.45, 2.75) is 63.9 Å². The molecule has 1 aromatic carbocycles. The van der Waals surface area contributed by atoms with E-state index in [2.05, 4.69) is 56.3 Å². The first kappa shape index (κ1) is 25.3. The molecule has 1 aliphatic carbocycles. The Morgan fingerprint density at radius 3 is 2.06 bits per heavy atom. The monoisotopic (exact) mass is 511 g/mol. The molecule has 0 radical (unpaired) electrons. The van der Waals surface area contributed by atoms with E-state index in [4.69, 9.17) is 0 Å². The smallest absolute Gasteiger partial charge is 0.138 e. The Morgan fingerprint density at radius 2 is 1.39 bits per heavy atom. The van der Waals surface area contributed by atoms with E-state index in [1.54, 1.807) is 18.3 Å². The maximum Gasteiger partial charge on any atom is 0.138 e. The van der Waals surface area contributed by atoms with Crippen LogP contribution in [-0.2, 0) is 26.2 Å². The summed E-state index contributed by atoms with van der Waals surface area (Å²) < 4.78 is 0. The lowest BCUT2D eigenvalue weighted by Gasteiger charge is -2.33. The molecule has 2 heterocycles. The number of aromatic nitrogens is 2. The van der Waals surface area contributed by atoms with Gasteiger partial charge >= 0.3 is 0 Å². The molecule has 176 valence electrons. The number of nitrogens with zero attached hydrogens (tertiary/aromatic N) is 2. The summed E-state index contributed by atoms with van der Waals surface area (Å²) in [7, 11) is 0. The minimum atomic E-state index is 0. The fourth-order valence-electron chi connectivity index (χ4n) is 4.27. The van der Waals surface area contributed by atoms with Crippen molar-refractivity contribution in [1.29, 1.82) is 0 Å². The highest BCUT2D eigenvalue weighted by Crippen LogP contribution is 2.20. The summed E-state index contributed by atoms with van der Waals surface area (Å²) in [5.74, 6) is 0.233. The van der Waals surface area contributed by atoms with Gasteiger partial charge in [-0.1, -0.05) is 43.2 Å². The van der Waals surface area contributed by atoms with Gasteiger partial charge in [-0.2, -0.15) is 0 Å². The Hall–Kier alpha value is -2.32. The van der Waals surface area contributed by atoms with Gasteiger partial charge in [0.2, 0.25) is 0 Å². The molecule has 2 aromatic heterocycles. The summed E-state index contributed by atoms with van der Waals surface area (Å²) in [4.78, 5) is 8.63. The van der Waals surface area contributed by atoms with Gasteiger partial charge in [0.25, 0.3) is 0 Å². The van der Waals surface area contributed by atoms with E-state index in [0.717, 1.165) is 25.3 Å². The summed E-state index contributed by atoms with van der Waals surface area (Å²) in [5, 5.41) is 20.6. The second-order valence-electron chi connectivity index (χ2n) is 8.47. The number of hydrogen-bond acceptors (Lipinski definition) is 6. The van der Waals surface area contributed by atoms with Gasteiger partial charge in [0.05, 0.1) is 11.4 Å². The molecule has 4 N–H and O–H groups in total. The highest BCUT2D eigenvalue weighted by molar-refractivity contribution is 8.93. The second kappa shape index (κ2) is 13.4. The average molecular weight is 512 g/mol. The van der Waals surface area contributed by atoms with Crippen molar-refractivity contribution in [1.82, 2.24) is 25.9 Å². The van der Waals surface area contributed by atoms with E-state index >= 15 is 0 Å². The Labute approximate surface area is 207 Å². The largest absolute Gasteiger partial charge is 0.506 e. The highest BCUT2D eigenvalue weighted by atomic mass is 79.9. The number of nitrogens with one attached hydrogen (secondary N) is 3. The Morgan fingerprint density at radius 1 is 0.727 bits per heavy atom. The van der Waals surface area contributed by atoms with Gasteiger partial charge in [-0.05, 0) is 48.2 Å². The molecular formula is C26H34BrN5O. The molecule has 0 spiro atoms. The predicted octanol–water partition coefficient (Wildman–Crippen LogP) is 4.24. The molecule has 0 amide bonds. The van der Waals surface area contributed by atoms with Crippen LogP contribution < -0.4 is 16.0 Å². The Bertz CT molecular complexity index is 954. The fraction of sp³-hybridized carbons (Fsp3) is 0.385. The van der Waals surface area contributed by atoms with Crippen LogP contribution in [0.15, 0.2) is 67.0 Å². The minimum Gasteiger partial charge on any atom is -0.506 e. The Kier molecular flexibility index (Phi) is 10.3. The summed E-state index contributed by atoms with van der Waals surface area (Å²) in [6.07, 6.45) is 8.55. The van der Waals surface area contributed by atoms with Crippen LogP contribution in [0, 0.1) is 0 Å². The topological polar surface area (TPSA) is 82.1 Å². The third-order valence-corrected chi connectivity index (χ3v) is 6.12. The van der Waals surface area contributed by atoms with Crippen LogP contribution in [0.1, 0.15) is 48.2 Å². The molecule has 0 bridgehead atoms. The predicted molar refractivity (Wildman–Crippen MR) is 137 cm³/mol. The SMILES string of the molecule is Br.Oc1cccnc1CNCc1ccc(CNC2CCCCC2NCc2ccccn2)cc1. The lowest BCUT2D eigenvalue weighted by molar-refractivity contribution is 0.280. The summed E-state index contributed by atoms with van der Waals surface area (Å²) in [6.45, 7) is 2.99. The van der Waals surface area contributed by atoms with Crippen molar-refractivity contribution in [3.63, 3.8) is 0 Å². The van der Waals surface area contributed by atoms with Crippen molar-refractivity contribution < 1.29 is 5.11 Å². The number of pyridine rings is 2. The zero-order valence-corrected chi connectivity index (χ0v) is 20.6. The van der Waals surface area contributed by atoms with Crippen molar-refractivity contribution in [2.24, 2.45) is 0 Å². The van der Waals surface area contributed by atoms with Gasteiger partial charge in [-0.25, -0.2) is 0 Å². The molecule has 6 nitrogen and oxygen atoms in total. The molecule has 2 atom stereocenters. The van der Waals surface area contributed by atoms with E-state index < -0.39 is 0 Å². The first-order valence-corrected chi connectivity index (χ1v) is 11.6. The molecule has 3 aromatic rings. The van der Waals surface area contributed by atoms with Crippen LogP contribution >= 0.6 is 17.0 Å². The molecule has 7 heteroatoms. The quantitative estimate of drug-likeness (QED) is 0.326. The van der Waals surface area contributed by atoms with Gasteiger partial charge in [0.1, 0.15) is 5.75 Å². The Balaban J connectivity index is 0.00000306. The van der Waals surface area contributed by atoms with E-state index in [1.807, 2.05) is 18.3 Å². The number of aromatic hydroxyl groups is 1. The standard InChI is InChI=1S/C26H33N5O.BrH/c32-26-9-5-15-29-25(26)19-27-16-20-10-12-21(13-11-20)17-30-23-7-1-2-8-24(23)31-18-22-6-3-4-14-28-22;/h3-6,9-15,23-24,27,30-32H,1-2,7-8,16-19H2;1H. The second-order valence-corrected chi connectivity index (χ2v) is 8.47. The first-order chi connectivity index (χ1) is 15.8. The zero-order valence-electron chi connectivity index (χ0n) is 18.9. The maximum atomic E-state index is 9.80. The van der Waals surface area contributed by atoms with Crippen LogP contribution in [0.4, 0.5) is 0 Å². The fourth-order valence-corrected chi connectivity index (χ4v) is 4.27. The minimum absolute atomic E-state index is 0. The average Bonchev–Trinajstić information content (AvgIpc) is 2.84. The molecular weight excluding hydrogens is 478 g/mol. The van der Waals surface area contributed by atoms with Crippen LogP contribution in [0.5, 0.6) is 5.75 Å². The van der Waals surface area contributed by atoms with Crippen LogP contribution in [0.2, 0.25) is 0 Å². The number of benzene rings is 1. The lowest BCUT2D eigenvalue weighted by atomic mass is 9.90. The van der Waals surface area contributed by atoms with Crippen LogP contribution in [0.25, 0.3) is 0 Å². The van der Waals surface area contributed by atoms with Gasteiger partial charge in [0.15, 0.2) is 0 Å².